The van der Waals surface area contributed by atoms with E-state index in [4.69, 9.17) is 5.26 Å². The highest BCUT2D eigenvalue weighted by Crippen LogP contribution is 2.16. The number of pyridine rings is 1. The Kier molecular flexibility index (Phi) is 5.16. The van der Waals surface area contributed by atoms with Crippen molar-refractivity contribution >= 4 is 17.5 Å². The van der Waals surface area contributed by atoms with Gasteiger partial charge >= 0.3 is 0 Å². The Morgan fingerprint density at radius 3 is 2.87 bits per heavy atom. The van der Waals surface area contributed by atoms with Crippen LogP contribution in [0.1, 0.15) is 30.8 Å². The second-order valence-corrected chi connectivity index (χ2v) is 5.96. The number of likely N-dealkylation sites (tertiary alicyclic amines) is 1. The van der Waals surface area contributed by atoms with Crippen LogP contribution in [0.5, 0.6) is 0 Å². The Morgan fingerprint density at radius 2 is 2.26 bits per heavy atom. The Bertz CT molecular complexity index is 638. The lowest BCUT2D eigenvalue weighted by Gasteiger charge is -2.20. The molecule has 1 saturated heterocycles. The highest BCUT2D eigenvalue weighted by Gasteiger charge is 2.24. The van der Waals surface area contributed by atoms with Gasteiger partial charge in [-0.05, 0) is 18.6 Å². The molecule has 0 spiro atoms. The number of nitriles is 1. The number of carbonyl (C=O) groups is 2. The molecule has 1 aliphatic heterocycles. The number of hydrogen-bond donors (Lipinski definition) is 1. The quantitative estimate of drug-likeness (QED) is 0.837. The Morgan fingerprint density at radius 1 is 1.52 bits per heavy atom. The van der Waals surface area contributed by atoms with Crippen LogP contribution in [0.3, 0.4) is 0 Å². The molecule has 1 aliphatic rings. The largest absolute Gasteiger partial charge is 0.346 e. The van der Waals surface area contributed by atoms with Crippen LogP contribution in [0.4, 0.5) is 5.69 Å². The van der Waals surface area contributed by atoms with E-state index in [1.165, 1.54) is 11.1 Å². The zero-order chi connectivity index (χ0) is 17.0. The minimum atomic E-state index is -0.290. The van der Waals surface area contributed by atoms with E-state index < -0.39 is 0 Å². The van der Waals surface area contributed by atoms with Crippen molar-refractivity contribution in [3.05, 3.63) is 24.0 Å². The molecular formula is C16H21N5O2. The van der Waals surface area contributed by atoms with Crippen LogP contribution < -0.4 is 10.2 Å². The zero-order valence-corrected chi connectivity index (χ0v) is 13.6. The summed E-state index contributed by atoms with van der Waals surface area (Å²) in [5.74, 6) is -0.439. The molecule has 0 unspecified atom stereocenters. The van der Waals surface area contributed by atoms with E-state index in [0.717, 1.165) is 6.42 Å². The summed E-state index contributed by atoms with van der Waals surface area (Å²) in [4.78, 5) is 31.6. The van der Waals surface area contributed by atoms with Crippen molar-refractivity contribution in [2.75, 3.05) is 25.0 Å². The van der Waals surface area contributed by atoms with Gasteiger partial charge < -0.3 is 15.1 Å². The molecule has 23 heavy (non-hydrogen) atoms. The van der Waals surface area contributed by atoms with Gasteiger partial charge in [-0.3, -0.25) is 14.6 Å². The van der Waals surface area contributed by atoms with E-state index in [-0.39, 0.29) is 29.5 Å². The molecule has 0 saturated carbocycles. The molecule has 1 atom stereocenters. The lowest BCUT2D eigenvalue weighted by atomic mass is 10.2. The van der Waals surface area contributed by atoms with E-state index in [9.17, 15) is 9.59 Å². The molecule has 7 nitrogen and oxygen atoms in total. The van der Waals surface area contributed by atoms with Gasteiger partial charge in [0.05, 0.1) is 0 Å². The van der Waals surface area contributed by atoms with Crippen LogP contribution in [0.25, 0.3) is 0 Å². The van der Waals surface area contributed by atoms with Gasteiger partial charge in [0, 0.05) is 44.0 Å². The summed E-state index contributed by atoms with van der Waals surface area (Å²) in [5.41, 5.74) is 0.898. The van der Waals surface area contributed by atoms with E-state index in [1.54, 1.807) is 24.1 Å². The minimum Gasteiger partial charge on any atom is -0.346 e. The summed E-state index contributed by atoms with van der Waals surface area (Å²) in [5, 5.41) is 11.7. The van der Waals surface area contributed by atoms with Gasteiger partial charge in [-0.1, -0.05) is 13.8 Å². The molecule has 2 rings (SSSR count). The van der Waals surface area contributed by atoms with E-state index in [2.05, 4.69) is 16.5 Å². The average Bonchev–Trinajstić information content (AvgIpc) is 3.01. The van der Waals surface area contributed by atoms with Crippen LogP contribution in [0, 0.1) is 17.4 Å². The molecule has 2 heterocycles. The molecule has 0 radical (unpaired) electrons. The van der Waals surface area contributed by atoms with Gasteiger partial charge in [0.1, 0.15) is 5.69 Å². The number of aromatic nitrogens is 1. The second-order valence-electron chi connectivity index (χ2n) is 5.96. The lowest BCUT2D eigenvalue weighted by molar-refractivity contribution is -0.121. The van der Waals surface area contributed by atoms with Gasteiger partial charge in [0.25, 0.3) is 5.91 Å². The molecule has 1 aromatic heterocycles. The van der Waals surface area contributed by atoms with Gasteiger partial charge in [-0.25, -0.2) is 0 Å². The van der Waals surface area contributed by atoms with Crippen LogP contribution in [0.2, 0.25) is 0 Å². The summed E-state index contributed by atoms with van der Waals surface area (Å²) in [7, 11) is 1.68. The molecule has 1 N–H and O–H groups in total. The predicted octanol–water partition coefficient (Wildman–Crippen LogP) is 0.986. The fourth-order valence-corrected chi connectivity index (χ4v) is 2.49. The fraction of sp³-hybridized carbons (Fsp3) is 0.500. The molecule has 2 amide bonds. The smallest absolute Gasteiger partial charge is 0.270 e. The Hall–Kier alpha value is -2.62. The number of nitrogens with zero attached hydrogens (tertiary/aromatic N) is 4. The van der Waals surface area contributed by atoms with Crippen LogP contribution >= 0.6 is 0 Å². The van der Waals surface area contributed by atoms with Crippen LogP contribution in [0.15, 0.2) is 18.3 Å². The number of hydrogen-bond acceptors (Lipinski definition) is 5. The van der Waals surface area contributed by atoms with E-state index in [0.29, 0.717) is 18.8 Å². The van der Waals surface area contributed by atoms with Gasteiger partial charge in [-0.2, -0.15) is 5.26 Å². The third-order valence-electron chi connectivity index (χ3n) is 3.85. The first-order valence-corrected chi connectivity index (χ1v) is 7.61. The maximum absolute atomic E-state index is 12.3. The Balaban J connectivity index is 2.06. The van der Waals surface area contributed by atoms with Crippen molar-refractivity contribution in [2.24, 2.45) is 5.92 Å². The number of amides is 2. The second kappa shape index (κ2) is 7.09. The number of carbonyl (C=O) groups excluding carboxylic acids is 2. The monoisotopic (exact) mass is 315 g/mol. The van der Waals surface area contributed by atoms with Crippen molar-refractivity contribution in [3.63, 3.8) is 0 Å². The molecule has 0 aromatic carbocycles. The minimum absolute atomic E-state index is 0.0250. The number of anilines is 1. The first-order chi connectivity index (χ1) is 10.9. The lowest BCUT2D eigenvalue weighted by Crippen LogP contribution is -2.37. The predicted molar refractivity (Wildman–Crippen MR) is 85.5 cm³/mol. The first kappa shape index (κ1) is 16.7. The van der Waals surface area contributed by atoms with Gasteiger partial charge in [0.2, 0.25) is 5.91 Å². The highest BCUT2D eigenvalue weighted by atomic mass is 16.2. The molecule has 0 bridgehead atoms. The van der Waals surface area contributed by atoms with Crippen molar-refractivity contribution in [1.29, 1.82) is 5.26 Å². The molecule has 0 aliphatic carbocycles. The van der Waals surface area contributed by atoms with Crippen LogP contribution in [-0.2, 0) is 4.79 Å². The van der Waals surface area contributed by atoms with Crippen LogP contribution in [-0.4, -0.2) is 47.9 Å². The van der Waals surface area contributed by atoms with Crippen molar-refractivity contribution < 1.29 is 9.59 Å². The maximum Gasteiger partial charge on any atom is 0.270 e. The SMILES string of the molecule is CC(C)C(=O)N(C)c1ccnc(C(=O)N[C@@H]2CCN(C#N)C2)c1. The molecule has 1 aromatic rings. The summed E-state index contributed by atoms with van der Waals surface area (Å²) in [6.07, 6.45) is 4.34. The van der Waals surface area contributed by atoms with Gasteiger partial charge in [0.15, 0.2) is 6.19 Å². The normalized spacial score (nSPS) is 17.0. The zero-order valence-electron chi connectivity index (χ0n) is 13.6. The topological polar surface area (TPSA) is 89.3 Å². The van der Waals surface area contributed by atoms with E-state index >= 15 is 0 Å². The van der Waals surface area contributed by atoms with E-state index in [1.807, 2.05) is 13.8 Å². The summed E-state index contributed by atoms with van der Waals surface area (Å²) in [6.45, 7) is 4.83. The standard InChI is InChI=1S/C16H21N5O2/c1-11(2)16(23)20(3)13-4-6-18-14(8-13)15(22)19-12-5-7-21(9-12)10-17/h4,6,8,11-12H,5,7,9H2,1-3H3,(H,19,22)/t12-/m1/s1. The summed E-state index contributed by atoms with van der Waals surface area (Å²) < 4.78 is 0. The fourth-order valence-electron chi connectivity index (χ4n) is 2.49. The first-order valence-electron chi connectivity index (χ1n) is 7.61. The third-order valence-corrected chi connectivity index (χ3v) is 3.85. The summed E-state index contributed by atoms with van der Waals surface area (Å²) >= 11 is 0. The highest BCUT2D eigenvalue weighted by molar-refractivity contribution is 5.97. The van der Waals surface area contributed by atoms with Crippen molar-refractivity contribution in [3.8, 4) is 6.19 Å². The Labute approximate surface area is 135 Å². The molecular weight excluding hydrogens is 294 g/mol. The third kappa shape index (κ3) is 3.97. The summed E-state index contributed by atoms with van der Waals surface area (Å²) in [6, 6.07) is 3.25. The molecule has 7 heteroatoms. The van der Waals surface area contributed by atoms with Crippen molar-refractivity contribution in [1.82, 2.24) is 15.2 Å². The average molecular weight is 315 g/mol. The number of nitrogens with one attached hydrogen (secondary N) is 1. The molecule has 1 fully saturated rings. The maximum atomic E-state index is 12.3. The van der Waals surface area contributed by atoms with Gasteiger partial charge in [-0.15, -0.1) is 0 Å². The molecule has 122 valence electrons. The number of rotatable bonds is 4. The van der Waals surface area contributed by atoms with Crippen molar-refractivity contribution in [2.45, 2.75) is 26.3 Å².